The summed E-state index contributed by atoms with van der Waals surface area (Å²) in [4.78, 5) is 4.13. The Labute approximate surface area is 89.0 Å². The summed E-state index contributed by atoms with van der Waals surface area (Å²) in [5.74, 6) is 0.630. The molecule has 1 rings (SSSR count). The first-order chi connectivity index (χ1) is 7.22. The third-order valence-electron chi connectivity index (χ3n) is 2.28. The van der Waals surface area contributed by atoms with Gasteiger partial charge in [-0.3, -0.25) is 0 Å². The zero-order valence-electron chi connectivity index (χ0n) is 8.77. The molecule has 5 N–H and O–H groups in total. The molecule has 1 aromatic rings. The van der Waals surface area contributed by atoms with E-state index in [9.17, 15) is 0 Å². The van der Waals surface area contributed by atoms with E-state index in [2.05, 4.69) is 10.3 Å². The van der Waals surface area contributed by atoms with Crippen molar-refractivity contribution in [1.29, 1.82) is 0 Å². The second-order valence-corrected chi connectivity index (χ2v) is 3.37. The molecule has 0 spiro atoms. The maximum atomic E-state index is 8.94. The third kappa shape index (κ3) is 2.89. The number of anilines is 1. The van der Waals surface area contributed by atoms with Crippen molar-refractivity contribution in [2.24, 2.45) is 5.73 Å². The van der Waals surface area contributed by atoms with Crippen molar-refractivity contribution in [3.63, 3.8) is 0 Å². The molecule has 15 heavy (non-hydrogen) atoms. The summed E-state index contributed by atoms with van der Waals surface area (Å²) in [6, 6.07) is 1.48. The van der Waals surface area contributed by atoms with Crippen LogP contribution in [0.2, 0.25) is 0 Å². The van der Waals surface area contributed by atoms with Gasteiger partial charge in [0, 0.05) is 18.3 Å². The number of pyridine rings is 1. The molecule has 84 valence electrons. The maximum absolute atomic E-state index is 8.94. The second kappa shape index (κ2) is 5.65. The normalized spacial score (nSPS) is 10.7. The van der Waals surface area contributed by atoms with E-state index in [4.69, 9.17) is 15.9 Å². The Hall–Kier alpha value is -1.17. The molecule has 0 amide bonds. The first-order valence-corrected chi connectivity index (χ1v) is 4.85. The lowest BCUT2D eigenvalue weighted by Crippen LogP contribution is -2.29. The fraction of sp³-hybridized carbons (Fsp3) is 0.500. The average molecular weight is 211 g/mol. The van der Waals surface area contributed by atoms with Crippen LogP contribution in [0.5, 0.6) is 0 Å². The standard InChI is InChI=1S/C10H17N3O2/c1-7-2-3-12-10(9(7)4-11)13-8(5-14)6-15/h2-3,8,14-15H,4-6,11H2,1H3,(H,12,13). The highest BCUT2D eigenvalue weighted by Crippen LogP contribution is 2.16. The summed E-state index contributed by atoms with van der Waals surface area (Å²) in [5, 5.41) is 20.8. The van der Waals surface area contributed by atoms with Crippen molar-refractivity contribution in [1.82, 2.24) is 4.98 Å². The second-order valence-electron chi connectivity index (χ2n) is 3.37. The van der Waals surface area contributed by atoms with E-state index < -0.39 is 6.04 Å². The number of rotatable bonds is 5. The summed E-state index contributed by atoms with van der Waals surface area (Å²) < 4.78 is 0. The molecule has 0 aromatic carbocycles. The number of aliphatic hydroxyl groups is 2. The fourth-order valence-corrected chi connectivity index (χ4v) is 1.31. The Morgan fingerprint density at radius 1 is 1.47 bits per heavy atom. The van der Waals surface area contributed by atoms with E-state index in [1.165, 1.54) is 0 Å². The van der Waals surface area contributed by atoms with Crippen LogP contribution in [0, 0.1) is 6.92 Å². The Bertz CT molecular complexity index is 314. The molecule has 0 fully saturated rings. The molecule has 1 aromatic heterocycles. The van der Waals surface area contributed by atoms with Crippen molar-refractivity contribution in [3.8, 4) is 0 Å². The first-order valence-electron chi connectivity index (χ1n) is 4.85. The summed E-state index contributed by atoms with van der Waals surface area (Å²) in [6.45, 7) is 2.04. The number of hydrogen-bond acceptors (Lipinski definition) is 5. The van der Waals surface area contributed by atoms with Crippen LogP contribution in [-0.2, 0) is 6.54 Å². The summed E-state index contributed by atoms with van der Waals surface area (Å²) >= 11 is 0. The molecular weight excluding hydrogens is 194 g/mol. The highest BCUT2D eigenvalue weighted by atomic mass is 16.3. The lowest BCUT2D eigenvalue weighted by atomic mass is 10.1. The maximum Gasteiger partial charge on any atom is 0.131 e. The van der Waals surface area contributed by atoms with Crippen LogP contribution in [0.4, 0.5) is 5.82 Å². The molecule has 0 aliphatic rings. The predicted octanol–water partition coefficient (Wildman–Crippen LogP) is -0.386. The Balaban J connectivity index is 2.88. The van der Waals surface area contributed by atoms with Gasteiger partial charge in [0.1, 0.15) is 5.82 Å². The first kappa shape index (κ1) is 11.9. The minimum Gasteiger partial charge on any atom is -0.394 e. The minimum absolute atomic E-state index is 0.143. The van der Waals surface area contributed by atoms with Crippen LogP contribution in [0.3, 0.4) is 0 Å². The largest absolute Gasteiger partial charge is 0.394 e. The quantitative estimate of drug-likeness (QED) is 0.532. The monoisotopic (exact) mass is 211 g/mol. The van der Waals surface area contributed by atoms with Crippen LogP contribution < -0.4 is 11.1 Å². The van der Waals surface area contributed by atoms with Crippen LogP contribution in [0.15, 0.2) is 12.3 Å². The highest BCUT2D eigenvalue weighted by molar-refractivity contribution is 5.48. The van der Waals surface area contributed by atoms with Gasteiger partial charge < -0.3 is 21.3 Å². The van der Waals surface area contributed by atoms with E-state index in [-0.39, 0.29) is 13.2 Å². The zero-order valence-corrected chi connectivity index (χ0v) is 8.77. The topological polar surface area (TPSA) is 91.4 Å². The van der Waals surface area contributed by atoms with Crippen molar-refractivity contribution < 1.29 is 10.2 Å². The number of nitrogens with two attached hydrogens (primary N) is 1. The Morgan fingerprint density at radius 2 is 2.13 bits per heavy atom. The van der Waals surface area contributed by atoms with Gasteiger partial charge >= 0.3 is 0 Å². The van der Waals surface area contributed by atoms with Crippen LogP contribution in [-0.4, -0.2) is 34.5 Å². The molecule has 0 unspecified atom stereocenters. The number of aryl methyl sites for hydroxylation is 1. The number of aliphatic hydroxyl groups excluding tert-OH is 2. The predicted molar refractivity (Wildman–Crippen MR) is 58.4 cm³/mol. The van der Waals surface area contributed by atoms with E-state index in [1.807, 2.05) is 13.0 Å². The van der Waals surface area contributed by atoms with Crippen LogP contribution >= 0.6 is 0 Å². The van der Waals surface area contributed by atoms with Gasteiger partial charge in [0.05, 0.1) is 19.3 Å². The van der Waals surface area contributed by atoms with Crippen molar-refractivity contribution >= 4 is 5.82 Å². The number of nitrogens with zero attached hydrogens (tertiary/aromatic N) is 1. The number of nitrogens with one attached hydrogen (secondary N) is 1. The van der Waals surface area contributed by atoms with E-state index in [1.54, 1.807) is 6.20 Å². The average Bonchev–Trinajstić information content (AvgIpc) is 2.26. The molecule has 0 aliphatic carbocycles. The molecule has 1 heterocycles. The molecule has 0 aliphatic heterocycles. The fourth-order valence-electron chi connectivity index (χ4n) is 1.31. The van der Waals surface area contributed by atoms with E-state index >= 15 is 0 Å². The lowest BCUT2D eigenvalue weighted by Gasteiger charge is -2.17. The highest BCUT2D eigenvalue weighted by Gasteiger charge is 2.10. The van der Waals surface area contributed by atoms with Gasteiger partial charge in [-0.2, -0.15) is 0 Å². The van der Waals surface area contributed by atoms with Crippen LogP contribution in [0.25, 0.3) is 0 Å². The molecule has 0 bridgehead atoms. The SMILES string of the molecule is Cc1ccnc(NC(CO)CO)c1CN. The molecule has 0 atom stereocenters. The molecule has 0 saturated carbocycles. The van der Waals surface area contributed by atoms with Gasteiger partial charge in [0.15, 0.2) is 0 Å². The van der Waals surface area contributed by atoms with Gasteiger partial charge in [-0.25, -0.2) is 4.98 Å². The molecule has 5 nitrogen and oxygen atoms in total. The number of aromatic nitrogens is 1. The van der Waals surface area contributed by atoms with Crippen molar-refractivity contribution in [2.75, 3.05) is 18.5 Å². The Kier molecular flexibility index (Phi) is 4.48. The van der Waals surface area contributed by atoms with Crippen molar-refractivity contribution in [3.05, 3.63) is 23.4 Å². The molecular formula is C10H17N3O2. The molecule has 0 radical (unpaired) electrons. The van der Waals surface area contributed by atoms with Gasteiger partial charge in [-0.1, -0.05) is 0 Å². The van der Waals surface area contributed by atoms with Gasteiger partial charge in [0.2, 0.25) is 0 Å². The third-order valence-corrected chi connectivity index (χ3v) is 2.28. The number of hydrogen-bond donors (Lipinski definition) is 4. The Morgan fingerprint density at radius 3 is 2.67 bits per heavy atom. The van der Waals surface area contributed by atoms with Crippen molar-refractivity contribution in [2.45, 2.75) is 19.5 Å². The lowest BCUT2D eigenvalue weighted by molar-refractivity contribution is 0.203. The van der Waals surface area contributed by atoms with Crippen LogP contribution in [0.1, 0.15) is 11.1 Å². The molecule has 5 heteroatoms. The summed E-state index contributed by atoms with van der Waals surface area (Å²) in [6.07, 6.45) is 1.67. The minimum atomic E-state index is -0.399. The summed E-state index contributed by atoms with van der Waals surface area (Å²) in [7, 11) is 0. The van der Waals surface area contributed by atoms with Gasteiger partial charge in [-0.05, 0) is 18.6 Å². The smallest absolute Gasteiger partial charge is 0.131 e. The van der Waals surface area contributed by atoms with E-state index in [0.717, 1.165) is 11.1 Å². The van der Waals surface area contributed by atoms with E-state index in [0.29, 0.717) is 12.4 Å². The van der Waals surface area contributed by atoms with Gasteiger partial charge in [-0.15, -0.1) is 0 Å². The summed E-state index contributed by atoms with van der Waals surface area (Å²) in [5.41, 5.74) is 7.56. The van der Waals surface area contributed by atoms with Gasteiger partial charge in [0.25, 0.3) is 0 Å². The molecule has 0 saturated heterocycles. The zero-order chi connectivity index (χ0) is 11.3.